The zero-order valence-corrected chi connectivity index (χ0v) is 15.0. The minimum atomic E-state index is -0.825. The van der Waals surface area contributed by atoms with Crippen LogP contribution in [0.25, 0.3) is 0 Å². The molecule has 0 aliphatic carbocycles. The van der Waals surface area contributed by atoms with Gasteiger partial charge in [0, 0.05) is 5.56 Å². The predicted octanol–water partition coefficient (Wildman–Crippen LogP) is 2.11. The summed E-state index contributed by atoms with van der Waals surface area (Å²) in [6.45, 7) is 6.09. The van der Waals surface area contributed by atoms with Crippen LogP contribution in [0.1, 0.15) is 48.7 Å². The lowest BCUT2D eigenvalue weighted by atomic mass is 9.98. The molecule has 0 unspecified atom stereocenters. The number of benzene rings is 1. The lowest BCUT2D eigenvalue weighted by molar-refractivity contribution is -0.704. The van der Waals surface area contributed by atoms with Crippen LogP contribution in [0.3, 0.4) is 0 Å². The molecule has 0 radical (unpaired) electrons. The Morgan fingerprint density at radius 3 is 2.21 bits per heavy atom. The summed E-state index contributed by atoms with van der Waals surface area (Å²) in [7, 11) is 0. The fraction of sp³-hybridized carbons (Fsp3) is 0.333. The highest BCUT2D eigenvalue weighted by Crippen LogP contribution is 2.24. The molecule has 1 aromatic carbocycles. The first-order valence-corrected chi connectivity index (χ1v) is 8.85. The molecule has 0 saturated carbocycles. The van der Waals surface area contributed by atoms with Crippen molar-refractivity contribution in [1.29, 1.82) is 0 Å². The summed E-state index contributed by atoms with van der Waals surface area (Å²) in [5.74, 6) is 0.0892. The zero-order valence-electron chi connectivity index (χ0n) is 14.2. The molecule has 1 aromatic heterocycles. The van der Waals surface area contributed by atoms with Crippen molar-refractivity contribution < 1.29 is 14.9 Å². The first-order chi connectivity index (χ1) is 11.4. The standard InChI is InChI=1S/C18H23N3O2S/c1-11(2)13-6-8-14(9-7-13)16(15-5-4-10-24-15)20-12(3)17(22)21-18(19)23/h4-12,16,20H,1-3H3,(H3,19,21,22,23)/p+1/t12-,16+/m1/s1. The van der Waals surface area contributed by atoms with Crippen LogP contribution in [-0.2, 0) is 4.79 Å². The molecule has 0 spiro atoms. The Morgan fingerprint density at radius 2 is 1.71 bits per heavy atom. The maximum absolute atomic E-state index is 12.0. The molecule has 2 rings (SSSR count). The molecule has 24 heavy (non-hydrogen) atoms. The second-order valence-corrected chi connectivity index (χ2v) is 7.13. The zero-order chi connectivity index (χ0) is 17.7. The first-order valence-electron chi connectivity index (χ1n) is 7.97. The van der Waals surface area contributed by atoms with Crippen molar-refractivity contribution in [3.8, 4) is 0 Å². The maximum atomic E-state index is 12.0. The summed E-state index contributed by atoms with van der Waals surface area (Å²) in [5, 5.41) is 6.11. The van der Waals surface area contributed by atoms with Gasteiger partial charge in [0.05, 0.1) is 4.88 Å². The predicted molar refractivity (Wildman–Crippen MR) is 95.8 cm³/mol. The molecule has 128 valence electrons. The average Bonchev–Trinajstić information content (AvgIpc) is 3.06. The largest absolute Gasteiger partial charge is 0.351 e. The number of nitrogens with two attached hydrogens (primary N) is 2. The molecule has 0 bridgehead atoms. The second-order valence-electron chi connectivity index (χ2n) is 6.15. The fourth-order valence-electron chi connectivity index (χ4n) is 2.54. The molecule has 3 amide bonds. The van der Waals surface area contributed by atoms with Crippen LogP contribution >= 0.6 is 11.3 Å². The number of carbonyl (C=O) groups is 2. The van der Waals surface area contributed by atoms with Crippen molar-refractivity contribution in [3.63, 3.8) is 0 Å². The number of quaternary nitrogens is 1. The average molecular weight is 346 g/mol. The van der Waals surface area contributed by atoms with Gasteiger partial charge in [0.25, 0.3) is 5.91 Å². The van der Waals surface area contributed by atoms with Crippen molar-refractivity contribution in [2.75, 3.05) is 0 Å². The van der Waals surface area contributed by atoms with E-state index in [-0.39, 0.29) is 11.9 Å². The number of nitrogens with one attached hydrogen (secondary N) is 1. The monoisotopic (exact) mass is 346 g/mol. The van der Waals surface area contributed by atoms with Gasteiger partial charge < -0.3 is 11.1 Å². The molecule has 6 heteroatoms. The summed E-state index contributed by atoms with van der Waals surface area (Å²) in [6, 6.07) is 11.3. The molecule has 2 aromatic rings. The topological polar surface area (TPSA) is 88.8 Å². The molecular formula is C18H24N3O2S+. The molecular weight excluding hydrogens is 322 g/mol. The highest BCUT2D eigenvalue weighted by Gasteiger charge is 2.26. The van der Waals surface area contributed by atoms with Crippen LogP contribution in [-0.4, -0.2) is 18.0 Å². The van der Waals surface area contributed by atoms with Crippen LogP contribution in [0.2, 0.25) is 0 Å². The van der Waals surface area contributed by atoms with E-state index in [4.69, 9.17) is 5.73 Å². The Bertz CT molecular complexity index is 681. The number of imide groups is 1. The molecule has 5 N–H and O–H groups in total. The van der Waals surface area contributed by atoms with Crippen molar-refractivity contribution in [2.24, 2.45) is 5.73 Å². The summed E-state index contributed by atoms with van der Waals surface area (Å²) < 4.78 is 0. The van der Waals surface area contributed by atoms with Crippen molar-refractivity contribution in [2.45, 2.75) is 38.8 Å². The summed E-state index contributed by atoms with van der Waals surface area (Å²) >= 11 is 1.65. The van der Waals surface area contributed by atoms with Gasteiger partial charge in [-0.2, -0.15) is 0 Å². The van der Waals surface area contributed by atoms with Gasteiger partial charge in [-0.25, -0.2) is 4.79 Å². The fourth-order valence-corrected chi connectivity index (χ4v) is 3.37. The van der Waals surface area contributed by atoms with Gasteiger partial charge in [0.1, 0.15) is 6.04 Å². The number of urea groups is 1. The van der Waals surface area contributed by atoms with Crippen LogP contribution < -0.4 is 16.4 Å². The van der Waals surface area contributed by atoms with E-state index in [1.807, 2.05) is 16.8 Å². The third-order valence-electron chi connectivity index (χ3n) is 3.95. The van der Waals surface area contributed by atoms with Crippen LogP contribution in [0.5, 0.6) is 0 Å². The quantitative estimate of drug-likeness (QED) is 0.748. The van der Waals surface area contributed by atoms with Gasteiger partial charge in [0.15, 0.2) is 6.04 Å². The van der Waals surface area contributed by atoms with Crippen LogP contribution in [0.4, 0.5) is 4.79 Å². The molecule has 1 heterocycles. The molecule has 0 aliphatic heterocycles. The molecule has 0 saturated heterocycles. The van der Waals surface area contributed by atoms with E-state index in [1.165, 1.54) is 5.56 Å². The number of amides is 3. The SMILES string of the molecule is CC(C)c1ccc([C@H]([NH2+][C@H](C)C(=O)NC(N)=O)c2cccs2)cc1. The Kier molecular flexibility index (Phi) is 6.11. The van der Waals surface area contributed by atoms with E-state index in [1.54, 1.807) is 18.3 Å². The van der Waals surface area contributed by atoms with Gasteiger partial charge in [-0.1, -0.05) is 44.2 Å². The highest BCUT2D eigenvalue weighted by molar-refractivity contribution is 7.10. The van der Waals surface area contributed by atoms with Gasteiger partial charge in [0.2, 0.25) is 0 Å². The summed E-state index contributed by atoms with van der Waals surface area (Å²) in [6.07, 6.45) is 0. The number of primary amides is 1. The number of carbonyl (C=O) groups excluding carboxylic acids is 2. The van der Waals surface area contributed by atoms with E-state index in [0.717, 1.165) is 10.4 Å². The van der Waals surface area contributed by atoms with Gasteiger partial charge in [-0.15, -0.1) is 11.3 Å². The molecule has 0 fully saturated rings. The van der Waals surface area contributed by atoms with E-state index in [2.05, 4.69) is 49.5 Å². The number of hydrogen-bond donors (Lipinski definition) is 3. The summed E-state index contributed by atoms with van der Waals surface area (Å²) in [4.78, 5) is 24.0. The lowest BCUT2D eigenvalue weighted by Crippen LogP contribution is -2.92. The number of rotatable bonds is 6. The van der Waals surface area contributed by atoms with Crippen molar-refractivity contribution in [3.05, 3.63) is 57.8 Å². The number of hydrogen-bond acceptors (Lipinski definition) is 3. The van der Waals surface area contributed by atoms with Crippen molar-refractivity contribution >= 4 is 23.3 Å². The van der Waals surface area contributed by atoms with E-state index in [9.17, 15) is 9.59 Å². The van der Waals surface area contributed by atoms with Gasteiger partial charge in [-0.05, 0) is 29.9 Å². The minimum absolute atomic E-state index is 0.000149. The Hall–Kier alpha value is -2.18. The van der Waals surface area contributed by atoms with E-state index in [0.29, 0.717) is 5.92 Å². The van der Waals surface area contributed by atoms with Crippen molar-refractivity contribution in [1.82, 2.24) is 5.32 Å². The van der Waals surface area contributed by atoms with Gasteiger partial charge >= 0.3 is 6.03 Å². The van der Waals surface area contributed by atoms with Crippen LogP contribution in [0, 0.1) is 0 Å². The maximum Gasteiger partial charge on any atom is 0.319 e. The third kappa shape index (κ3) is 4.66. The minimum Gasteiger partial charge on any atom is -0.351 e. The smallest absolute Gasteiger partial charge is 0.319 e. The van der Waals surface area contributed by atoms with Gasteiger partial charge in [-0.3, -0.25) is 10.1 Å². The Labute approximate surface area is 146 Å². The molecule has 0 aliphatic rings. The van der Waals surface area contributed by atoms with E-state index < -0.39 is 12.1 Å². The highest BCUT2D eigenvalue weighted by atomic mass is 32.1. The third-order valence-corrected chi connectivity index (χ3v) is 4.91. The molecule has 2 atom stereocenters. The lowest BCUT2D eigenvalue weighted by Gasteiger charge is -2.19. The normalized spacial score (nSPS) is 13.5. The Morgan fingerprint density at radius 1 is 1.08 bits per heavy atom. The first kappa shape index (κ1) is 18.2. The van der Waals surface area contributed by atoms with Crippen LogP contribution in [0.15, 0.2) is 41.8 Å². The number of thiophene rings is 1. The Balaban J connectivity index is 2.22. The second kappa shape index (κ2) is 8.08. The summed E-state index contributed by atoms with van der Waals surface area (Å²) in [5.41, 5.74) is 7.44. The molecule has 5 nitrogen and oxygen atoms in total. The van der Waals surface area contributed by atoms with E-state index >= 15 is 0 Å².